The molecule has 1 aliphatic carbocycles. The van der Waals surface area contributed by atoms with Crippen molar-refractivity contribution in [2.45, 2.75) is 50.3 Å². The van der Waals surface area contributed by atoms with Crippen molar-refractivity contribution in [1.29, 1.82) is 0 Å². The summed E-state index contributed by atoms with van der Waals surface area (Å²) in [6, 6.07) is 1.24. The zero-order valence-electron chi connectivity index (χ0n) is 17.6. The van der Waals surface area contributed by atoms with Gasteiger partial charge in [-0.25, -0.2) is 23.1 Å². The van der Waals surface area contributed by atoms with E-state index in [2.05, 4.69) is 25.6 Å². The van der Waals surface area contributed by atoms with Gasteiger partial charge in [0.05, 0.1) is 24.9 Å². The molecule has 8 nitrogen and oxygen atoms in total. The van der Waals surface area contributed by atoms with Crippen LogP contribution in [0.2, 0.25) is 0 Å². The van der Waals surface area contributed by atoms with Gasteiger partial charge < -0.3 is 20.5 Å². The molecule has 1 unspecified atom stereocenters. The van der Waals surface area contributed by atoms with Crippen LogP contribution in [-0.2, 0) is 4.74 Å². The van der Waals surface area contributed by atoms with Crippen molar-refractivity contribution in [1.82, 2.24) is 19.5 Å². The van der Waals surface area contributed by atoms with Gasteiger partial charge in [-0.3, -0.25) is 4.57 Å². The summed E-state index contributed by atoms with van der Waals surface area (Å²) >= 11 is 0. The van der Waals surface area contributed by atoms with E-state index < -0.39 is 23.1 Å². The number of halogens is 4. The second-order valence-electron chi connectivity index (χ2n) is 8.24. The first-order chi connectivity index (χ1) is 15.5. The molecule has 1 saturated heterocycles. The van der Waals surface area contributed by atoms with E-state index >= 15 is 0 Å². The molecule has 0 amide bonds. The molecule has 3 aromatic rings. The minimum absolute atomic E-state index is 0. The van der Waals surface area contributed by atoms with Gasteiger partial charge in [-0.05, 0) is 32.1 Å². The maximum atomic E-state index is 14.3. The van der Waals surface area contributed by atoms with Gasteiger partial charge in [0.15, 0.2) is 17.3 Å². The standard InChI is InChI=1S/C21H23F3N6O2.ClH/c22-11-7-15(23)18(16(24)8-11)28-21-27-17-9-25-20(26-12-1-3-14(31)4-2-12)29-19(17)30(21)13-5-6-32-10-13;/h7-9,12-14,31H,1-6,10H2,(H,27,28)(H,25,26,29);1H. The number of nitrogens with one attached hydrogen (secondary N) is 2. The summed E-state index contributed by atoms with van der Waals surface area (Å²) in [5.41, 5.74) is 0.458. The molecule has 0 bridgehead atoms. The minimum atomic E-state index is -1.06. The quantitative estimate of drug-likeness (QED) is 0.502. The average Bonchev–Trinajstić information content (AvgIpc) is 3.39. The van der Waals surface area contributed by atoms with Gasteiger partial charge in [-0.1, -0.05) is 0 Å². The number of aliphatic hydroxyl groups excluding tert-OH is 1. The molecule has 1 atom stereocenters. The molecule has 0 spiro atoms. The van der Waals surface area contributed by atoms with Gasteiger partial charge in [0.1, 0.15) is 17.0 Å². The number of aliphatic hydroxyl groups is 1. The molecule has 178 valence electrons. The highest BCUT2D eigenvalue weighted by Gasteiger charge is 2.27. The summed E-state index contributed by atoms with van der Waals surface area (Å²) in [6.07, 6.45) is 5.04. The van der Waals surface area contributed by atoms with Crippen LogP contribution in [0.4, 0.5) is 30.8 Å². The molecule has 33 heavy (non-hydrogen) atoms. The number of nitrogens with zero attached hydrogens (tertiary/aromatic N) is 4. The van der Waals surface area contributed by atoms with Crippen molar-refractivity contribution in [3.05, 3.63) is 35.8 Å². The third kappa shape index (κ3) is 4.85. The van der Waals surface area contributed by atoms with Gasteiger partial charge in [0.25, 0.3) is 0 Å². The number of fused-ring (bicyclic) bond motifs is 1. The second kappa shape index (κ2) is 9.70. The topological polar surface area (TPSA) is 97.1 Å². The lowest BCUT2D eigenvalue weighted by Crippen LogP contribution is -2.29. The van der Waals surface area contributed by atoms with E-state index in [1.807, 2.05) is 0 Å². The SMILES string of the molecule is Cl.OC1CCC(Nc2ncc3nc(Nc4c(F)cc(F)cc4F)n(C4CCOC4)c3n2)CC1. The van der Waals surface area contributed by atoms with Crippen LogP contribution in [-0.4, -0.2) is 50.0 Å². The number of anilines is 3. The molecular formula is C21H24ClF3N6O2. The number of imidazole rings is 1. The summed E-state index contributed by atoms with van der Waals surface area (Å²) in [5.74, 6) is -2.52. The maximum absolute atomic E-state index is 14.3. The highest BCUT2D eigenvalue weighted by atomic mass is 35.5. The number of hydrogen-bond acceptors (Lipinski definition) is 7. The van der Waals surface area contributed by atoms with E-state index in [1.54, 1.807) is 10.8 Å². The lowest BCUT2D eigenvalue weighted by atomic mass is 9.93. The lowest BCUT2D eigenvalue weighted by Gasteiger charge is -2.26. The third-order valence-electron chi connectivity index (χ3n) is 5.98. The molecule has 3 N–H and O–H groups in total. The summed E-state index contributed by atoms with van der Waals surface area (Å²) in [6.45, 7) is 0.950. The first-order valence-corrected chi connectivity index (χ1v) is 10.7. The van der Waals surface area contributed by atoms with E-state index in [0.29, 0.717) is 48.9 Å². The van der Waals surface area contributed by atoms with Crippen LogP contribution >= 0.6 is 12.4 Å². The van der Waals surface area contributed by atoms with E-state index in [4.69, 9.17) is 4.74 Å². The Balaban J connectivity index is 0.00000259. The van der Waals surface area contributed by atoms with Crippen molar-refractivity contribution < 1.29 is 23.0 Å². The smallest absolute Gasteiger partial charge is 0.224 e. The Morgan fingerprint density at radius 1 is 1.03 bits per heavy atom. The lowest BCUT2D eigenvalue weighted by molar-refractivity contribution is 0.126. The van der Waals surface area contributed by atoms with E-state index in [9.17, 15) is 18.3 Å². The molecule has 2 aromatic heterocycles. The molecule has 3 heterocycles. The van der Waals surface area contributed by atoms with Crippen LogP contribution in [0.15, 0.2) is 18.3 Å². The monoisotopic (exact) mass is 484 g/mol. The molecule has 1 aliphatic heterocycles. The number of ether oxygens (including phenoxy) is 1. The van der Waals surface area contributed by atoms with Crippen molar-refractivity contribution in [3.8, 4) is 0 Å². The Kier molecular flexibility index (Phi) is 6.91. The minimum Gasteiger partial charge on any atom is -0.393 e. The maximum Gasteiger partial charge on any atom is 0.224 e. The summed E-state index contributed by atoms with van der Waals surface area (Å²) in [5, 5.41) is 15.7. The van der Waals surface area contributed by atoms with Crippen LogP contribution in [0.25, 0.3) is 11.2 Å². The Labute approximate surface area is 194 Å². The van der Waals surface area contributed by atoms with Crippen molar-refractivity contribution in [2.24, 2.45) is 0 Å². The largest absolute Gasteiger partial charge is 0.393 e. The van der Waals surface area contributed by atoms with Crippen LogP contribution < -0.4 is 10.6 Å². The van der Waals surface area contributed by atoms with E-state index in [0.717, 1.165) is 25.7 Å². The fourth-order valence-electron chi connectivity index (χ4n) is 4.30. The summed E-state index contributed by atoms with van der Waals surface area (Å²) in [4.78, 5) is 13.4. The highest BCUT2D eigenvalue weighted by molar-refractivity contribution is 5.85. The first-order valence-electron chi connectivity index (χ1n) is 10.7. The van der Waals surface area contributed by atoms with Crippen LogP contribution in [0, 0.1) is 17.5 Å². The molecule has 2 fully saturated rings. The fourth-order valence-corrected chi connectivity index (χ4v) is 4.30. The molecule has 0 radical (unpaired) electrons. The van der Waals surface area contributed by atoms with Gasteiger partial charge in [-0.15, -0.1) is 12.4 Å². The second-order valence-corrected chi connectivity index (χ2v) is 8.24. The summed E-state index contributed by atoms with van der Waals surface area (Å²) < 4.78 is 49.1. The zero-order valence-corrected chi connectivity index (χ0v) is 18.4. The third-order valence-corrected chi connectivity index (χ3v) is 5.98. The molecule has 1 aromatic carbocycles. The van der Waals surface area contributed by atoms with E-state index in [1.165, 1.54) is 0 Å². The molecule has 2 aliphatic rings. The number of hydrogen-bond donors (Lipinski definition) is 3. The normalized spacial score (nSPS) is 22.8. The highest BCUT2D eigenvalue weighted by Crippen LogP contribution is 2.32. The van der Waals surface area contributed by atoms with Gasteiger partial charge >= 0.3 is 0 Å². The summed E-state index contributed by atoms with van der Waals surface area (Å²) in [7, 11) is 0. The number of aromatic nitrogens is 4. The fraction of sp³-hybridized carbons (Fsp3) is 0.476. The predicted molar refractivity (Wildman–Crippen MR) is 119 cm³/mol. The van der Waals surface area contributed by atoms with Gasteiger partial charge in [-0.2, -0.15) is 4.98 Å². The number of benzene rings is 1. The van der Waals surface area contributed by atoms with Crippen LogP contribution in [0.5, 0.6) is 0 Å². The Morgan fingerprint density at radius 3 is 2.42 bits per heavy atom. The Hall–Kier alpha value is -2.63. The average molecular weight is 485 g/mol. The molecule has 12 heteroatoms. The van der Waals surface area contributed by atoms with Gasteiger partial charge in [0.2, 0.25) is 11.9 Å². The van der Waals surface area contributed by atoms with Crippen LogP contribution in [0.3, 0.4) is 0 Å². The van der Waals surface area contributed by atoms with Crippen molar-refractivity contribution in [2.75, 3.05) is 23.8 Å². The van der Waals surface area contributed by atoms with Crippen molar-refractivity contribution >= 4 is 41.2 Å². The van der Waals surface area contributed by atoms with Crippen LogP contribution in [0.1, 0.15) is 38.1 Å². The Morgan fingerprint density at radius 2 is 1.76 bits per heavy atom. The zero-order chi connectivity index (χ0) is 22.2. The molecule has 1 saturated carbocycles. The van der Waals surface area contributed by atoms with Gasteiger partial charge in [0, 0.05) is 24.8 Å². The molecular weight excluding hydrogens is 461 g/mol. The first kappa shape index (κ1) is 23.5. The predicted octanol–water partition coefficient (Wildman–Crippen LogP) is 4.09. The van der Waals surface area contributed by atoms with E-state index in [-0.39, 0.29) is 36.5 Å². The Bertz CT molecular complexity index is 1110. The number of rotatable bonds is 5. The molecule has 5 rings (SSSR count). The van der Waals surface area contributed by atoms with Crippen molar-refractivity contribution in [3.63, 3.8) is 0 Å².